The number of hydrogen-bond acceptors (Lipinski definition) is 3. The molecule has 1 aromatic carbocycles. The Morgan fingerprint density at radius 1 is 1.22 bits per heavy atom. The van der Waals surface area contributed by atoms with E-state index in [1.54, 1.807) is 0 Å². The topological polar surface area (TPSA) is 39.7 Å². The first-order valence-electron chi connectivity index (χ1n) is 8.01. The number of nitrogens with one attached hydrogen (secondary N) is 2. The van der Waals surface area contributed by atoms with Crippen LogP contribution in [0.15, 0.2) is 29.3 Å². The molecule has 0 aromatic heterocycles. The van der Waals surface area contributed by atoms with Crippen molar-refractivity contribution >= 4 is 17.7 Å². The average Bonchev–Trinajstić information content (AvgIpc) is 2.51. The molecule has 1 unspecified atom stereocenters. The molecule has 0 aliphatic carbocycles. The lowest BCUT2D eigenvalue weighted by Gasteiger charge is -2.27. The van der Waals surface area contributed by atoms with E-state index in [0.29, 0.717) is 6.04 Å². The number of benzene rings is 1. The summed E-state index contributed by atoms with van der Waals surface area (Å²) in [5, 5.41) is 6.86. The third-order valence-corrected chi connectivity index (χ3v) is 5.26. The molecule has 130 valence electrons. The summed E-state index contributed by atoms with van der Waals surface area (Å²) in [4.78, 5) is 6.56. The van der Waals surface area contributed by atoms with Gasteiger partial charge in [0, 0.05) is 24.9 Å². The highest BCUT2D eigenvalue weighted by molar-refractivity contribution is 7.99. The second-order valence-corrected chi connectivity index (χ2v) is 8.17. The number of nitrogens with zero attached hydrogens (tertiary/aromatic N) is 2. The molecule has 0 spiro atoms. The number of rotatable bonds is 7. The van der Waals surface area contributed by atoms with E-state index >= 15 is 0 Å². The molecule has 4 nitrogen and oxygen atoms in total. The van der Waals surface area contributed by atoms with Gasteiger partial charge in [-0.2, -0.15) is 11.8 Å². The van der Waals surface area contributed by atoms with Gasteiger partial charge in [0.05, 0.1) is 6.04 Å². The number of aryl methyl sites for hydroxylation is 1. The molecule has 5 heteroatoms. The molecule has 1 rings (SSSR count). The van der Waals surface area contributed by atoms with Crippen LogP contribution in [0.25, 0.3) is 0 Å². The molecule has 0 saturated carbocycles. The summed E-state index contributed by atoms with van der Waals surface area (Å²) >= 11 is 1.85. The third-order valence-electron chi connectivity index (χ3n) is 4.01. The second-order valence-electron chi connectivity index (χ2n) is 6.66. The fourth-order valence-electron chi connectivity index (χ4n) is 2.17. The van der Waals surface area contributed by atoms with Crippen LogP contribution in [0.3, 0.4) is 0 Å². The summed E-state index contributed by atoms with van der Waals surface area (Å²) in [6, 6.07) is 9.05. The fraction of sp³-hybridized carbons (Fsp3) is 0.611. The van der Waals surface area contributed by atoms with Crippen LogP contribution in [-0.4, -0.2) is 56.1 Å². The van der Waals surface area contributed by atoms with Gasteiger partial charge in [0.15, 0.2) is 5.96 Å². The van der Waals surface area contributed by atoms with Crippen molar-refractivity contribution in [2.75, 3.05) is 40.5 Å². The van der Waals surface area contributed by atoms with Gasteiger partial charge in [0.2, 0.25) is 0 Å². The molecule has 23 heavy (non-hydrogen) atoms. The molecule has 1 atom stereocenters. The van der Waals surface area contributed by atoms with Crippen LogP contribution in [-0.2, 0) is 0 Å². The SMILES string of the molecule is CN=C(NCC(c1ccc(C)cc1)N(C)C)NCC(C)(C)SC. The number of likely N-dealkylation sites (N-methyl/N-ethyl adjacent to an activating group) is 1. The van der Waals surface area contributed by atoms with Gasteiger partial charge in [-0.15, -0.1) is 0 Å². The molecular weight excluding hydrogens is 304 g/mol. The maximum absolute atomic E-state index is 4.33. The van der Waals surface area contributed by atoms with E-state index in [4.69, 9.17) is 0 Å². The number of hydrogen-bond donors (Lipinski definition) is 2. The minimum absolute atomic E-state index is 0.190. The van der Waals surface area contributed by atoms with E-state index in [-0.39, 0.29) is 4.75 Å². The van der Waals surface area contributed by atoms with E-state index in [0.717, 1.165) is 19.0 Å². The lowest BCUT2D eigenvalue weighted by atomic mass is 10.0. The Morgan fingerprint density at radius 2 is 1.83 bits per heavy atom. The predicted molar refractivity (Wildman–Crippen MR) is 105 cm³/mol. The van der Waals surface area contributed by atoms with Crippen LogP contribution in [0.4, 0.5) is 0 Å². The van der Waals surface area contributed by atoms with Crippen molar-refractivity contribution in [3.8, 4) is 0 Å². The molecule has 0 aliphatic rings. The van der Waals surface area contributed by atoms with Crippen molar-refractivity contribution in [2.45, 2.75) is 31.6 Å². The van der Waals surface area contributed by atoms with Gasteiger partial charge in [-0.25, -0.2) is 0 Å². The molecule has 0 heterocycles. The van der Waals surface area contributed by atoms with Crippen molar-refractivity contribution < 1.29 is 0 Å². The van der Waals surface area contributed by atoms with Crippen molar-refractivity contribution in [1.82, 2.24) is 15.5 Å². The molecular formula is C18H32N4S. The summed E-state index contributed by atoms with van der Waals surface area (Å²) in [6.07, 6.45) is 2.14. The number of guanidine groups is 1. The summed E-state index contributed by atoms with van der Waals surface area (Å²) < 4.78 is 0.190. The molecule has 0 fully saturated rings. The zero-order valence-corrected chi connectivity index (χ0v) is 16.4. The van der Waals surface area contributed by atoms with Gasteiger partial charge in [-0.3, -0.25) is 4.99 Å². The highest BCUT2D eigenvalue weighted by Crippen LogP contribution is 2.20. The molecule has 0 bridgehead atoms. The molecule has 0 amide bonds. The van der Waals surface area contributed by atoms with Crippen molar-refractivity contribution in [3.05, 3.63) is 35.4 Å². The maximum Gasteiger partial charge on any atom is 0.191 e. The van der Waals surface area contributed by atoms with Crippen LogP contribution in [0, 0.1) is 6.92 Å². The number of thioether (sulfide) groups is 1. The quantitative estimate of drug-likeness (QED) is 0.593. The van der Waals surface area contributed by atoms with Gasteiger partial charge in [0.1, 0.15) is 0 Å². The first kappa shape index (κ1) is 19.8. The molecule has 1 aromatic rings. The van der Waals surface area contributed by atoms with E-state index in [9.17, 15) is 0 Å². The van der Waals surface area contributed by atoms with Gasteiger partial charge < -0.3 is 15.5 Å². The van der Waals surface area contributed by atoms with Crippen LogP contribution in [0.5, 0.6) is 0 Å². The van der Waals surface area contributed by atoms with Gasteiger partial charge in [0.25, 0.3) is 0 Å². The van der Waals surface area contributed by atoms with Gasteiger partial charge >= 0.3 is 0 Å². The Morgan fingerprint density at radius 3 is 2.30 bits per heavy atom. The molecule has 0 saturated heterocycles. The van der Waals surface area contributed by atoms with E-state index in [1.807, 2.05) is 18.8 Å². The van der Waals surface area contributed by atoms with Crippen LogP contribution in [0.1, 0.15) is 31.0 Å². The molecule has 2 N–H and O–H groups in total. The smallest absolute Gasteiger partial charge is 0.191 e. The summed E-state index contributed by atoms with van der Waals surface area (Å²) in [5.74, 6) is 0.853. The zero-order chi connectivity index (χ0) is 17.5. The molecule has 0 aliphatic heterocycles. The normalized spacial score (nSPS) is 14.0. The first-order valence-corrected chi connectivity index (χ1v) is 9.24. The van der Waals surface area contributed by atoms with Gasteiger partial charge in [-0.1, -0.05) is 29.8 Å². The monoisotopic (exact) mass is 336 g/mol. The highest BCUT2D eigenvalue weighted by atomic mass is 32.2. The first-order chi connectivity index (χ1) is 10.8. The Kier molecular flexibility index (Phi) is 7.92. The standard InChI is InChI=1S/C18H32N4S/c1-14-8-10-15(11-9-14)16(22(5)6)12-20-17(19-4)21-13-18(2,3)23-7/h8-11,16H,12-13H2,1-7H3,(H2,19,20,21). The van der Waals surface area contributed by atoms with Crippen LogP contribution < -0.4 is 10.6 Å². The lowest BCUT2D eigenvalue weighted by Crippen LogP contribution is -2.45. The fourth-order valence-corrected chi connectivity index (χ4v) is 2.39. The van der Waals surface area contributed by atoms with Crippen LogP contribution >= 0.6 is 11.8 Å². The predicted octanol–water partition coefficient (Wildman–Crippen LogP) is 2.90. The van der Waals surface area contributed by atoms with E-state index in [1.165, 1.54) is 11.1 Å². The average molecular weight is 337 g/mol. The van der Waals surface area contributed by atoms with E-state index in [2.05, 4.69) is 85.9 Å². The van der Waals surface area contributed by atoms with Crippen molar-refractivity contribution in [2.24, 2.45) is 4.99 Å². The lowest BCUT2D eigenvalue weighted by molar-refractivity contribution is 0.298. The highest BCUT2D eigenvalue weighted by Gasteiger charge is 2.18. The van der Waals surface area contributed by atoms with Crippen molar-refractivity contribution in [1.29, 1.82) is 0 Å². The van der Waals surface area contributed by atoms with Crippen molar-refractivity contribution in [3.63, 3.8) is 0 Å². The minimum Gasteiger partial charge on any atom is -0.355 e. The Bertz CT molecular complexity index is 494. The number of aliphatic imine (C=N–C) groups is 1. The Labute approximate surface area is 146 Å². The summed E-state index contributed by atoms with van der Waals surface area (Å²) in [6.45, 7) is 8.27. The largest absolute Gasteiger partial charge is 0.355 e. The van der Waals surface area contributed by atoms with Crippen LogP contribution in [0.2, 0.25) is 0 Å². The Balaban J connectivity index is 2.65. The van der Waals surface area contributed by atoms with E-state index < -0.39 is 0 Å². The maximum atomic E-state index is 4.33. The third kappa shape index (κ3) is 6.83. The second kappa shape index (κ2) is 9.18. The Hall–Kier alpha value is -1.20. The minimum atomic E-state index is 0.190. The molecule has 0 radical (unpaired) electrons. The zero-order valence-electron chi connectivity index (χ0n) is 15.6. The van der Waals surface area contributed by atoms with Gasteiger partial charge in [-0.05, 0) is 46.7 Å². The summed E-state index contributed by atoms with van der Waals surface area (Å²) in [5.41, 5.74) is 2.60. The summed E-state index contributed by atoms with van der Waals surface area (Å²) in [7, 11) is 6.04.